The summed E-state index contributed by atoms with van der Waals surface area (Å²) < 4.78 is 11.0. The smallest absolute Gasteiger partial charge is 0.270 e. The van der Waals surface area contributed by atoms with Crippen molar-refractivity contribution in [3.05, 3.63) is 53.2 Å². The van der Waals surface area contributed by atoms with Gasteiger partial charge < -0.3 is 14.9 Å². The molecule has 0 aliphatic heterocycles. The van der Waals surface area contributed by atoms with E-state index in [-0.39, 0.29) is 11.8 Å². The third-order valence-electron chi connectivity index (χ3n) is 2.74. The van der Waals surface area contributed by atoms with Gasteiger partial charge in [0, 0.05) is 0 Å². The summed E-state index contributed by atoms with van der Waals surface area (Å²) in [5, 5.41) is 0. The topological polar surface area (TPSA) is 78.3 Å². The highest BCUT2D eigenvalue weighted by molar-refractivity contribution is 5.91. The number of hydrogen-bond donors (Lipinski definition) is 1. The number of carbonyl (C=O) groups excluding carboxylic acids is 1. The summed E-state index contributed by atoms with van der Waals surface area (Å²) in [7, 11) is 0. The maximum atomic E-state index is 11.1. The van der Waals surface area contributed by atoms with Crippen molar-refractivity contribution in [3.63, 3.8) is 0 Å². The Labute approximate surface area is 111 Å². The van der Waals surface area contributed by atoms with Crippen LogP contribution in [0.4, 0.5) is 0 Å². The molecule has 0 bridgehead atoms. The van der Waals surface area contributed by atoms with E-state index >= 15 is 0 Å². The lowest BCUT2D eigenvalue weighted by atomic mass is 10.2. The SMILES string of the molecule is Cc1oc(C(C)OCc2ccccc2)nc1C(N)=O. The Morgan fingerprint density at radius 2 is 2.11 bits per heavy atom. The molecule has 100 valence electrons. The quantitative estimate of drug-likeness (QED) is 0.895. The molecule has 1 atom stereocenters. The molecule has 0 saturated heterocycles. The predicted octanol–water partition coefficient (Wildman–Crippen LogP) is 2.36. The van der Waals surface area contributed by atoms with E-state index in [1.165, 1.54) is 0 Å². The molecular weight excluding hydrogens is 244 g/mol. The van der Waals surface area contributed by atoms with Gasteiger partial charge in [0.05, 0.1) is 6.61 Å². The first-order valence-electron chi connectivity index (χ1n) is 6.00. The van der Waals surface area contributed by atoms with E-state index in [2.05, 4.69) is 4.98 Å². The Bertz CT molecular complexity index is 563. The van der Waals surface area contributed by atoms with Crippen LogP contribution < -0.4 is 5.73 Å². The molecule has 5 heteroatoms. The monoisotopic (exact) mass is 260 g/mol. The van der Waals surface area contributed by atoms with Crippen molar-refractivity contribution in [1.82, 2.24) is 4.98 Å². The van der Waals surface area contributed by atoms with E-state index in [1.54, 1.807) is 6.92 Å². The number of nitrogens with zero attached hydrogens (tertiary/aromatic N) is 1. The predicted molar refractivity (Wildman–Crippen MR) is 69.4 cm³/mol. The average Bonchev–Trinajstić information content (AvgIpc) is 2.79. The van der Waals surface area contributed by atoms with Crippen molar-refractivity contribution in [1.29, 1.82) is 0 Å². The minimum absolute atomic E-state index is 0.158. The number of rotatable bonds is 5. The molecule has 2 rings (SSSR count). The molecule has 0 saturated carbocycles. The Morgan fingerprint density at radius 3 is 2.68 bits per heavy atom. The second-order valence-electron chi connectivity index (χ2n) is 4.26. The highest BCUT2D eigenvalue weighted by Crippen LogP contribution is 2.20. The highest BCUT2D eigenvalue weighted by atomic mass is 16.5. The van der Waals surface area contributed by atoms with E-state index < -0.39 is 5.91 Å². The number of amides is 1. The first-order valence-corrected chi connectivity index (χ1v) is 6.00. The van der Waals surface area contributed by atoms with Gasteiger partial charge in [-0.3, -0.25) is 4.79 Å². The normalized spacial score (nSPS) is 12.3. The zero-order chi connectivity index (χ0) is 13.8. The van der Waals surface area contributed by atoms with Crippen molar-refractivity contribution in [2.45, 2.75) is 26.6 Å². The van der Waals surface area contributed by atoms with Gasteiger partial charge in [0.25, 0.3) is 5.91 Å². The lowest BCUT2D eigenvalue weighted by molar-refractivity contribution is 0.0341. The molecule has 2 N–H and O–H groups in total. The van der Waals surface area contributed by atoms with E-state index in [4.69, 9.17) is 14.9 Å². The van der Waals surface area contributed by atoms with Crippen LogP contribution in [0.1, 0.15) is 40.7 Å². The van der Waals surface area contributed by atoms with Crippen molar-refractivity contribution in [3.8, 4) is 0 Å². The van der Waals surface area contributed by atoms with Gasteiger partial charge in [0.15, 0.2) is 5.69 Å². The van der Waals surface area contributed by atoms with E-state index in [9.17, 15) is 4.79 Å². The van der Waals surface area contributed by atoms with Gasteiger partial charge in [0.1, 0.15) is 11.9 Å². The zero-order valence-corrected chi connectivity index (χ0v) is 10.9. The second kappa shape index (κ2) is 5.67. The Hall–Kier alpha value is -2.14. The molecule has 1 unspecified atom stereocenters. The fraction of sp³-hybridized carbons (Fsp3) is 0.286. The van der Waals surface area contributed by atoms with Crippen molar-refractivity contribution in [2.75, 3.05) is 0 Å². The molecule has 5 nitrogen and oxygen atoms in total. The number of primary amides is 1. The van der Waals surface area contributed by atoms with E-state index in [0.29, 0.717) is 18.3 Å². The molecule has 2 aromatic rings. The maximum Gasteiger partial charge on any atom is 0.270 e. The van der Waals surface area contributed by atoms with Crippen LogP contribution >= 0.6 is 0 Å². The fourth-order valence-electron chi connectivity index (χ4n) is 1.69. The molecule has 1 amide bonds. The van der Waals surface area contributed by atoms with Crippen LogP contribution in [0.25, 0.3) is 0 Å². The molecule has 19 heavy (non-hydrogen) atoms. The first-order chi connectivity index (χ1) is 9.08. The minimum atomic E-state index is -0.595. The number of oxazole rings is 1. The summed E-state index contributed by atoms with van der Waals surface area (Å²) in [4.78, 5) is 15.2. The summed E-state index contributed by atoms with van der Waals surface area (Å²) in [5.41, 5.74) is 6.41. The van der Waals surface area contributed by atoms with Crippen LogP contribution in [0.2, 0.25) is 0 Å². The van der Waals surface area contributed by atoms with Gasteiger partial charge in [0.2, 0.25) is 5.89 Å². The molecule has 0 spiro atoms. The van der Waals surface area contributed by atoms with Gasteiger partial charge in [-0.15, -0.1) is 0 Å². The standard InChI is InChI=1S/C14H16N2O3/c1-9-12(13(15)17)16-14(19-9)10(2)18-8-11-6-4-3-5-7-11/h3-7,10H,8H2,1-2H3,(H2,15,17). The van der Waals surface area contributed by atoms with Crippen LogP contribution in [0.3, 0.4) is 0 Å². The first kappa shape index (κ1) is 13.3. The van der Waals surface area contributed by atoms with Crippen LogP contribution in [0, 0.1) is 6.92 Å². The molecule has 0 aliphatic carbocycles. The number of carbonyl (C=O) groups is 1. The lowest BCUT2D eigenvalue weighted by Gasteiger charge is -2.09. The zero-order valence-electron chi connectivity index (χ0n) is 10.9. The molecule has 1 aromatic heterocycles. The van der Waals surface area contributed by atoms with Crippen LogP contribution in [-0.4, -0.2) is 10.9 Å². The summed E-state index contributed by atoms with van der Waals surface area (Å²) in [6.07, 6.45) is -0.341. The number of nitrogens with two attached hydrogens (primary N) is 1. The number of benzene rings is 1. The van der Waals surface area contributed by atoms with Gasteiger partial charge in [-0.25, -0.2) is 4.98 Å². The number of hydrogen-bond acceptors (Lipinski definition) is 4. The summed E-state index contributed by atoms with van der Waals surface area (Å²) >= 11 is 0. The third kappa shape index (κ3) is 3.20. The van der Waals surface area contributed by atoms with Gasteiger partial charge in [-0.2, -0.15) is 0 Å². The lowest BCUT2D eigenvalue weighted by Crippen LogP contribution is -2.13. The van der Waals surface area contributed by atoms with E-state index in [1.807, 2.05) is 37.3 Å². The van der Waals surface area contributed by atoms with Crippen molar-refractivity contribution < 1.29 is 13.9 Å². The van der Waals surface area contributed by atoms with Gasteiger partial charge >= 0.3 is 0 Å². The Morgan fingerprint density at radius 1 is 1.42 bits per heavy atom. The number of aryl methyl sites for hydroxylation is 1. The van der Waals surface area contributed by atoms with Crippen molar-refractivity contribution >= 4 is 5.91 Å². The number of ether oxygens (including phenoxy) is 1. The summed E-state index contributed by atoms with van der Waals surface area (Å²) in [5.74, 6) is 0.183. The van der Waals surface area contributed by atoms with E-state index in [0.717, 1.165) is 5.56 Å². The van der Waals surface area contributed by atoms with Crippen LogP contribution in [-0.2, 0) is 11.3 Å². The molecule has 0 aliphatic rings. The average molecular weight is 260 g/mol. The highest BCUT2D eigenvalue weighted by Gasteiger charge is 2.19. The van der Waals surface area contributed by atoms with Gasteiger partial charge in [-0.1, -0.05) is 30.3 Å². The Balaban J connectivity index is 2.02. The molecular formula is C14H16N2O3. The third-order valence-corrected chi connectivity index (χ3v) is 2.74. The number of aromatic nitrogens is 1. The second-order valence-corrected chi connectivity index (χ2v) is 4.26. The minimum Gasteiger partial charge on any atom is -0.442 e. The van der Waals surface area contributed by atoms with Crippen LogP contribution in [0.5, 0.6) is 0 Å². The van der Waals surface area contributed by atoms with Crippen LogP contribution in [0.15, 0.2) is 34.7 Å². The van der Waals surface area contributed by atoms with Crippen molar-refractivity contribution in [2.24, 2.45) is 5.73 Å². The maximum absolute atomic E-state index is 11.1. The van der Waals surface area contributed by atoms with Gasteiger partial charge in [-0.05, 0) is 19.4 Å². The fourth-order valence-corrected chi connectivity index (χ4v) is 1.69. The molecule has 0 fully saturated rings. The molecule has 1 aromatic carbocycles. The molecule has 1 heterocycles. The summed E-state index contributed by atoms with van der Waals surface area (Å²) in [6, 6.07) is 9.79. The molecule has 0 radical (unpaired) electrons. The summed E-state index contributed by atoms with van der Waals surface area (Å²) in [6.45, 7) is 3.93. The Kier molecular flexibility index (Phi) is 3.97. The largest absolute Gasteiger partial charge is 0.442 e.